The van der Waals surface area contributed by atoms with Gasteiger partial charge in [-0.3, -0.25) is 4.79 Å². The van der Waals surface area contributed by atoms with Crippen LogP contribution < -0.4 is 9.47 Å². The smallest absolute Gasteiger partial charge is 0.416 e. The van der Waals surface area contributed by atoms with Crippen LogP contribution in [0.25, 0.3) is 0 Å². The van der Waals surface area contributed by atoms with Gasteiger partial charge in [0, 0.05) is 29.7 Å². The zero-order valence-electron chi connectivity index (χ0n) is 20.3. The van der Waals surface area contributed by atoms with Gasteiger partial charge in [0.05, 0.1) is 24.7 Å². The Labute approximate surface area is 212 Å². The minimum Gasteiger partial charge on any atom is -0.493 e. The number of nitrogens with zero attached hydrogens (tertiary/aromatic N) is 1. The van der Waals surface area contributed by atoms with Gasteiger partial charge in [-0.2, -0.15) is 13.2 Å². The Kier molecular flexibility index (Phi) is 5.85. The summed E-state index contributed by atoms with van der Waals surface area (Å²) >= 11 is 0. The highest BCUT2D eigenvalue weighted by Gasteiger charge is 2.60. The molecule has 0 bridgehead atoms. The molecule has 2 aliphatic carbocycles. The third-order valence-electron chi connectivity index (χ3n) is 7.68. The molecule has 1 fully saturated rings. The van der Waals surface area contributed by atoms with Crippen molar-refractivity contribution < 1.29 is 32.2 Å². The predicted octanol–water partition coefficient (Wildman–Crippen LogP) is 6.04. The van der Waals surface area contributed by atoms with Gasteiger partial charge in [-0.05, 0) is 66.1 Å². The van der Waals surface area contributed by atoms with E-state index in [1.807, 2.05) is 25.1 Å². The molecular weight excluding hydrogens is 483 g/mol. The Morgan fingerprint density at radius 1 is 1.11 bits per heavy atom. The maximum Gasteiger partial charge on any atom is 0.416 e. The van der Waals surface area contributed by atoms with E-state index in [2.05, 4.69) is 4.98 Å². The monoisotopic (exact) mass is 509 g/mol. The fourth-order valence-corrected chi connectivity index (χ4v) is 5.98. The summed E-state index contributed by atoms with van der Waals surface area (Å²) in [7, 11) is 0. The van der Waals surface area contributed by atoms with E-state index in [1.165, 1.54) is 6.07 Å². The quantitative estimate of drug-likeness (QED) is 0.379. The normalized spacial score (nSPS) is 23.4. The number of benzene rings is 2. The molecule has 0 saturated heterocycles. The minimum absolute atomic E-state index is 0.0610. The van der Waals surface area contributed by atoms with Crippen molar-refractivity contribution in [3.8, 4) is 11.6 Å². The number of alkyl halides is 3. The van der Waals surface area contributed by atoms with E-state index in [0.29, 0.717) is 31.3 Å². The number of ether oxygens (including phenoxy) is 3. The number of aromatic nitrogens is 1. The van der Waals surface area contributed by atoms with Crippen molar-refractivity contribution in [1.82, 2.24) is 4.98 Å². The number of pyridine rings is 1. The molecule has 3 aliphatic rings. The van der Waals surface area contributed by atoms with Crippen LogP contribution >= 0.6 is 0 Å². The van der Waals surface area contributed by atoms with Crippen LogP contribution in [0.4, 0.5) is 13.2 Å². The molecule has 3 aromatic rings. The Morgan fingerprint density at radius 3 is 2.76 bits per heavy atom. The van der Waals surface area contributed by atoms with Gasteiger partial charge in [0.15, 0.2) is 0 Å². The summed E-state index contributed by atoms with van der Waals surface area (Å²) < 4.78 is 58.0. The van der Waals surface area contributed by atoms with Gasteiger partial charge in [0.1, 0.15) is 12.4 Å². The number of halogens is 3. The van der Waals surface area contributed by atoms with Crippen molar-refractivity contribution in [3.05, 3.63) is 88.1 Å². The molecule has 2 aromatic carbocycles. The highest BCUT2D eigenvalue weighted by atomic mass is 19.4. The van der Waals surface area contributed by atoms with Crippen molar-refractivity contribution in [1.29, 1.82) is 0 Å². The van der Waals surface area contributed by atoms with Crippen LogP contribution in [0.5, 0.6) is 11.6 Å². The third-order valence-corrected chi connectivity index (χ3v) is 7.68. The largest absolute Gasteiger partial charge is 0.493 e. The molecule has 0 N–H and O–H groups in total. The van der Waals surface area contributed by atoms with Crippen LogP contribution in [-0.4, -0.2) is 24.2 Å². The van der Waals surface area contributed by atoms with Gasteiger partial charge in [0.2, 0.25) is 5.88 Å². The minimum atomic E-state index is -4.42. The van der Waals surface area contributed by atoms with Crippen molar-refractivity contribution >= 4 is 5.97 Å². The van der Waals surface area contributed by atoms with E-state index >= 15 is 0 Å². The van der Waals surface area contributed by atoms with Gasteiger partial charge in [-0.15, -0.1) is 0 Å². The van der Waals surface area contributed by atoms with E-state index in [0.717, 1.165) is 34.7 Å². The fraction of sp³-hybridized carbons (Fsp3) is 0.379. The Morgan fingerprint density at radius 2 is 1.95 bits per heavy atom. The number of hydrogen-bond donors (Lipinski definition) is 0. The SMILES string of the molecule is CCOC(=O)[C@H]1[C@@H]2Cc3cc(OCc4ccc5c(c4)C(c4ccccc4C(F)(F)F)CCO5)ncc3[C@@H]21. The summed E-state index contributed by atoms with van der Waals surface area (Å²) in [5.41, 5.74) is 3.44. The van der Waals surface area contributed by atoms with Crippen LogP contribution in [0, 0.1) is 11.8 Å². The first-order valence-corrected chi connectivity index (χ1v) is 12.5. The molecule has 1 aliphatic heterocycles. The van der Waals surface area contributed by atoms with Crippen LogP contribution in [-0.2, 0) is 28.7 Å². The molecule has 37 heavy (non-hydrogen) atoms. The number of rotatable bonds is 6. The number of esters is 1. The molecule has 1 aromatic heterocycles. The van der Waals surface area contributed by atoms with E-state index in [4.69, 9.17) is 14.2 Å². The molecule has 1 saturated carbocycles. The lowest BCUT2D eigenvalue weighted by Crippen LogP contribution is -2.19. The van der Waals surface area contributed by atoms with Crippen LogP contribution in [0.1, 0.15) is 58.6 Å². The highest BCUT2D eigenvalue weighted by molar-refractivity contribution is 5.79. The molecular formula is C29H26F3NO4. The maximum atomic E-state index is 13.7. The zero-order chi connectivity index (χ0) is 25.7. The first-order valence-electron chi connectivity index (χ1n) is 12.5. The summed E-state index contributed by atoms with van der Waals surface area (Å²) in [5.74, 6) is 0.948. The Balaban J connectivity index is 1.19. The molecule has 5 nitrogen and oxygen atoms in total. The molecule has 4 atom stereocenters. The summed E-state index contributed by atoms with van der Waals surface area (Å²) in [6.07, 6.45) is -1.37. The molecule has 192 valence electrons. The lowest BCUT2D eigenvalue weighted by atomic mass is 9.83. The van der Waals surface area contributed by atoms with Crippen molar-refractivity contribution in [2.24, 2.45) is 11.8 Å². The molecule has 0 amide bonds. The fourth-order valence-electron chi connectivity index (χ4n) is 5.98. The van der Waals surface area contributed by atoms with Gasteiger partial charge in [-0.1, -0.05) is 24.3 Å². The third kappa shape index (κ3) is 4.32. The van der Waals surface area contributed by atoms with E-state index in [1.54, 1.807) is 24.4 Å². The van der Waals surface area contributed by atoms with Gasteiger partial charge < -0.3 is 14.2 Å². The number of carbonyl (C=O) groups excluding carboxylic acids is 1. The first kappa shape index (κ1) is 23.8. The summed E-state index contributed by atoms with van der Waals surface area (Å²) in [5, 5.41) is 0. The summed E-state index contributed by atoms with van der Waals surface area (Å²) in [6.45, 7) is 2.78. The standard InChI is InChI=1S/C29H26F3NO4/c1-2-35-28(34)27-21-12-17-13-25(33-14-22(17)26(21)27)37-15-16-7-8-24-20(11-16)18(9-10-36-24)19-5-3-4-6-23(19)29(30,31)32/h3-8,11,13-14,18,21,26-27H,2,9-10,12,15H2,1H3/t18?,21-,26-,27+/m1/s1. The Bertz CT molecular complexity index is 1360. The lowest BCUT2D eigenvalue weighted by Gasteiger charge is -2.28. The Hall–Kier alpha value is -3.55. The first-order chi connectivity index (χ1) is 17.8. The van der Waals surface area contributed by atoms with Crippen molar-refractivity contribution in [2.75, 3.05) is 13.2 Å². The molecule has 0 spiro atoms. The lowest BCUT2D eigenvalue weighted by molar-refractivity contribution is -0.145. The highest BCUT2D eigenvalue weighted by Crippen LogP contribution is 2.61. The molecule has 2 heterocycles. The average Bonchev–Trinajstić information content (AvgIpc) is 3.48. The molecule has 0 radical (unpaired) electrons. The van der Waals surface area contributed by atoms with Gasteiger partial charge in [0.25, 0.3) is 0 Å². The molecule has 6 rings (SSSR count). The zero-order valence-corrected chi connectivity index (χ0v) is 20.3. The average molecular weight is 510 g/mol. The van der Waals surface area contributed by atoms with E-state index in [9.17, 15) is 18.0 Å². The molecule has 8 heteroatoms. The van der Waals surface area contributed by atoms with Gasteiger partial charge >= 0.3 is 12.1 Å². The van der Waals surface area contributed by atoms with E-state index < -0.39 is 17.7 Å². The number of hydrogen-bond acceptors (Lipinski definition) is 5. The maximum absolute atomic E-state index is 13.7. The van der Waals surface area contributed by atoms with Crippen LogP contribution in [0.3, 0.4) is 0 Å². The summed E-state index contributed by atoms with van der Waals surface area (Å²) in [6, 6.07) is 13.2. The topological polar surface area (TPSA) is 57.7 Å². The van der Waals surface area contributed by atoms with Crippen molar-refractivity contribution in [2.45, 2.75) is 44.4 Å². The number of fused-ring (bicyclic) bond motifs is 4. The predicted molar refractivity (Wildman–Crippen MR) is 128 cm³/mol. The summed E-state index contributed by atoms with van der Waals surface area (Å²) in [4.78, 5) is 16.6. The second-order valence-corrected chi connectivity index (χ2v) is 9.83. The second kappa shape index (κ2) is 9.08. The van der Waals surface area contributed by atoms with E-state index in [-0.39, 0.29) is 35.9 Å². The van der Waals surface area contributed by atoms with Crippen LogP contribution in [0.2, 0.25) is 0 Å². The second-order valence-electron chi connectivity index (χ2n) is 9.83. The number of carbonyl (C=O) groups is 1. The van der Waals surface area contributed by atoms with Gasteiger partial charge in [-0.25, -0.2) is 4.98 Å². The van der Waals surface area contributed by atoms with Crippen molar-refractivity contribution in [3.63, 3.8) is 0 Å². The van der Waals surface area contributed by atoms with Crippen LogP contribution in [0.15, 0.2) is 54.7 Å². The molecule has 1 unspecified atom stereocenters.